The lowest BCUT2D eigenvalue weighted by molar-refractivity contribution is -0.0604. The van der Waals surface area contributed by atoms with Crippen LogP contribution in [0.25, 0.3) is 0 Å². The Balaban J connectivity index is 2.64. The molecule has 3 N–H and O–H groups in total. The second-order valence-corrected chi connectivity index (χ2v) is 4.66. The van der Waals surface area contributed by atoms with E-state index in [2.05, 4.69) is 4.98 Å². The molecule has 0 bridgehead atoms. The number of ether oxygens (including phenoxy) is 1. The van der Waals surface area contributed by atoms with E-state index in [1.807, 2.05) is 19.2 Å². The molecule has 0 aliphatic rings. The van der Waals surface area contributed by atoms with Crippen molar-refractivity contribution in [3.05, 3.63) is 16.1 Å². The summed E-state index contributed by atoms with van der Waals surface area (Å²) in [6, 6.07) is 0. The van der Waals surface area contributed by atoms with Gasteiger partial charge >= 0.3 is 0 Å². The highest BCUT2D eigenvalue weighted by molar-refractivity contribution is 7.09. The summed E-state index contributed by atoms with van der Waals surface area (Å²) < 4.78 is 5.63. The largest absolute Gasteiger partial charge is 0.391 e. The van der Waals surface area contributed by atoms with E-state index in [9.17, 15) is 5.11 Å². The minimum absolute atomic E-state index is 0.223. The third-order valence-electron chi connectivity index (χ3n) is 2.24. The summed E-state index contributed by atoms with van der Waals surface area (Å²) in [5.41, 5.74) is 6.47. The Kier molecular flexibility index (Phi) is 4.66. The molecular weight excluding hydrogens is 212 g/mol. The van der Waals surface area contributed by atoms with Gasteiger partial charge in [-0.2, -0.15) is 0 Å². The zero-order valence-electron chi connectivity index (χ0n) is 9.30. The van der Waals surface area contributed by atoms with Gasteiger partial charge in [0, 0.05) is 11.9 Å². The number of aryl methyl sites for hydroxylation is 1. The lowest BCUT2D eigenvalue weighted by Crippen LogP contribution is -2.28. The topological polar surface area (TPSA) is 68.4 Å². The number of rotatable bonds is 5. The Bertz CT molecular complexity index is 301. The Morgan fingerprint density at radius 2 is 2.27 bits per heavy atom. The van der Waals surface area contributed by atoms with E-state index < -0.39 is 6.10 Å². The molecule has 1 aromatic heterocycles. The minimum Gasteiger partial charge on any atom is -0.391 e. The smallest absolute Gasteiger partial charge is 0.113 e. The lowest BCUT2D eigenvalue weighted by atomic mass is 10.2. The van der Waals surface area contributed by atoms with Crippen LogP contribution in [0, 0.1) is 6.92 Å². The monoisotopic (exact) mass is 230 g/mol. The van der Waals surface area contributed by atoms with Crippen molar-refractivity contribution in [1.29, 1.82) is 0 Å². The first kappa shape index (κ1) is 12.6. The summed E-state index contributed by atoms with van der Waals surface area (Å²) >= 11 is 1.57. The van der Waals surface area contributed by atoms with E-state index in [-0.39, 0.29) is 12.2 Å². The van der Waals surface area contributed by atoms with Crippen molar-refractivity contribution in [2.45, 2.75) is 39.1 Å². The maximum Gasteiger partial charge on any atom is 0.113 e. The lowest BCUT2D eigenvalue weighted by Gasteiger charge is -2.21. The molecule has 0 fully saturated rings. The van der Waals surface area contributed by atoms with Gasteiger partial charge in [0.2, 0.25) is 0 Å². The Hall–Kier alpha value is -0.490. The Morgan fingerprint density at radius 1 is 1.60 bits per heavy atom. The van der Waals surface area contributed by atoms with Crippen molar-refractivity contribution in [2.75, 3.05) is 6.54 Å². The highest BCUT2D eigenvalue weighted by Crippen LogP contribution is 2.20. The van der Waals surface area contributed by atoms with Crippen molar-refractivity contribution in [3.63, 3.8) is 0 Å². The number of hydrogen-bond acceptors (Lipinski definition) is 5. The van der Waals surface area contributed by atoms with Gasteiger partial charge in [0.05, 0.1) is 22.9 Å². The quantitative estimate of drug-likeness (QED) is 0.798. The van der Waals surface area contributed by atoms with Gasteiger partial charge in [-0.3, -0.25) is 0 Å². The highest BCUT2D eigenvalue weighted by atomic mass is 32.1. The van der Waals surface area contributed by atoms with Crippen LogP contribution in [0.5, 0.6) is 0 Å². The minimum atomic E-state index is -0.501. The van der Waals surface area contributed by atoms with Crippen LogP contribution in [-0.4, -0.2) is 28.8 Å². The van der Waals surface area contributed by atoms with Crippen LogP contribution in [0.15, 0.2) is 5.38 Å². The second kappa shape index (κ2) is 5.55. The number of nitrogens with two attached hydrogens (primary N) is 1. The van der Waals surface area contributed by atoms with Gasteiger partial charge in [0.25, 0.3) is 0 Å². The van der Waals surface area contributed by atoms with E-state index in [1.54, 1.807) is 18.3 Å². The summed E-state index contributed by atoms with van der Waals surface area (Å²) in [5, 5.41) is 12.3. The number of hydrogen-bond donors (Lipinski definition) is 2. The van der Waals surface area contributed by atoms with Crippen LogP contribution < -0.4 is 5.73 Å². The van der Waals surface area contributed by atoms with E-state index in [0.29, 0.717) is 6.54 Å². The van der Waals surface area contributed by atoms with Crippen LogP contribution in [0.2, 0.25) is 0 Å². The van der Waals surface area contributed by atoms with Gasteiger partial charge in [0.1, 0.15) is 6.10 Å². The van der Waals surface area contributed by atoms with Gasteiger partial charge in [-0.15, -0.1) is 11.3 Å². The summed E-state index contributed by atoms with van der Waals surface area (Å²) in [5.74, 6) is 0. The Morgan fingerprint density at radius 3 is 2.67 bits per heavy atom. The van der Waals surface area contributed by atoms with Crippen LogP contribution in [0.1, 0.15) is 30.7 Å². The van der Waals surface area contributed by atoms with Gasteiger partial charge in [-0.05, 0) is 20.8 Å². The fourth-order valence-corrected chi connectivity index (χ4v) is 1.80. The molecule has 0 spiro atoms. The van der Waals surface area contributed by atoms with Crippen molar-refractivity contribution in [3.8, 4) is 0 Å². The van der Waals surface area contributed by atoms with E-state index >= 15 is 0 Å². The van der Waals surface area contributed by atoms with Crippen molar-refractivity contribution >= 4 is 11.3 Å². The van der Waals surface area contributed by atoms with Crippen molar-refractivity contribution < 1.29 is 9.84 Å². The van der Waals surface area contributed by atoms with Crippen LogP contribution >= 0.6 is 11.3 Å². The molecule has 0 aliphatic heterocycles. The molecular formula is C10H18N2O2S. The average Bonchev–Trinajstić information content (AvgIpc) is 2.60. The zero-order valence-corrected chi connectivity index (χ0v) is 10.1. The first-order valence-electron chi connectivity index (χ1n) is 5.00. The summed E-state index contributed by atoms with van der Waals surface area (Å²) in [4.78, 5) is 4.33. The van der Waals surface area contributed by atoms with Gasteiger partial charge < -0.3 is 15.6 Å². The van der Waals surface area contributed by atoms with Gasteiger partial charge in [-0.1, -0.05) is 0 Å². The third kappa shape index (κ3) is 3.53. The molecule has 3 atom stereocenters. The van der Waals surface area contributed by atoms with Crippen LogP contribution in [-0.2, 0) is 4.74 Å². The predicted octanol–water partition coefficient (Wildman–Crippen LogP) is 1.24. The summed E-state index contributed by atoms with van der Waals surface area (Å²) in [7, 11) is 0. The van der Waals surface area contributed by atoms with Gasteiger partial charge in [-0.25, -0.2) is 4.98 Å². The van der Waals surface area contributed by atoms with Crippen LogP contribution in [0.4, 0.5) is 0 Å². The second-order valence-electron chi connectivity index (χ2n) is 3.60. The standard InChI is InChI=1S/C10H18N2O2S/c1-6(13)7(2)14-10(4-11)9-5-15-8(3)12-9/h5-7,10,13H,4,11H2,1-3H3. The molecule has 1 aromatic rings. The maximum absolute atomic E-state index is 9.33. The molecule has 5 heteroatoms. The molecule has 1 heterocycles. The summed E-state index contributed by atoms with van der Waals surface area (Å²) in [6.07, 6.45) is -0.959. The molecule has 0 amide bonds. The van der Waals surface area contributed by atoms with Crippen molar-refractivity contribution in [2.24, 2.45) is 5.73 Å². The number of aliphatic hydroxyl groups is 1. The molecule has 0 saturated heterocycles. The SMILES string of the molecule is Cc1nc(C(CN)OC(C)C(C)O)cs1. The Labute approximate surface area is 94.1 Å². The zero-order chi connectivity index (χ0) is 11.4. The van der Waals surface area contributed by atoms with Crippen LogP contribution in [0.3, 0.4) is 0 Å². The summed E-state index contributed by atoms with van der Waals surface area (Å²) in [6.45, 7) is 5.84. The molecule has 0 radical (unpaired) electrons. The maximum atomic E-state index is 9.33. The molecule has 0 saturated carbocycles. The first-order chi connectivity index (χ1) is 7.04. The molecule has 86 valence electrons. The molecule has 15 heavy (non-hydrogen) atoms. The predicted molar refractivity (Wildman–Crippen MR) is 60.9 cm³/mol. The normalized spacial score (nSPS) is 17.4. The molecule has 0 aliphatic carbocycles. The van der Waals surface area contributed by atoms with E-state index in [1.165, 1.54) is 0 Å². The number of thiazole rings is 1. The number of aliphatic hydroxyl groups excluding tert-OH is 1. The molecule has 1 rings (SSSR count). The van der Waals surface area contributed by atoms with Gasteiger partial charge in [0.15, 0.2) is 0 Å². The molecule has 4 nitrogen and oxygen atoms in total. The first-order valence-corrected chi connectivity index (χ1v) is 5.88. The number of aromatic nitrogens is 1. The molecule has 3 unspecified atom stereocenters. The number of nitrogens with zero attached hydrogens (tertiary/aromatic N) is 1. The third-order valence-corrected chi connectivity index (χ3v) is 3.03. The highest BCUT2D eigenvalue weighted by Gasteiger charge is 2.19. The van der Waals surface area contributed by atoms with E-state index in [0.717, 1.165) is 10.7 Å². The average molecular weight is 230 g/mol. The fraction of sp³-hybridized carbons (Fsp3) is 0.700. The van der Waals surface area contributed by atoms with Crippen molar-refractivity contribution in [1.82, 2.24) is 4.98 Å². The fourth-order valence-electron chi connectivity index (χ4n) is 1.15. The molecule has 0 aromatic carbocycles. The van der Waals surface area contributed by atoms with E-state index in [4.69, 9.17) is 10.5 Å².